The van der Waals surface area contributed by atoms with Crippen molar-refractivity contribution in [3.63, 3.8) is 0 Å². The van der Waals surface area contributed by atoms with E-state index in [2.05, 4.69) is 4.98 Å². The number of anilines is 1. The first kappa shape index (κ1) is 14.1. The predicted molar refractivity (Wildman–Crippen MR) is 75.8 cm³/mol. The molecule has 0 bridgehead atoms. The fourth-order valence-corrected chi connectivity index (χ4v) is 1.93. The highest BCUT2D eigenvalue weighted by Gasteiger charge is 2.10. The lowest BCUT2D eigenvalue weighted by molar-refractivity contribution is 0.391. The van der Waals surface area contributed by atoms with Crippen molar-refractivity contribution < 1.29 is 13.9 Å². The van der Waals surface area contributed by atoms with Gasteiger partial charge in [-0.3, -0.25) is 0 Å². The van der Waals surface area contributed by atoms with Gasteiger partial charge in [-0.15, -0.1) is 0 Å². The fourth-order valence-electron chi connectivity index (χ4n) is 1.93. The molecule has 106 valence electrons. The number of aromatic nitrogens is 1. The van der Waals surface area contributed by atoms with E-state index in [9.17, 15) is 4.39 Å². The van der Waals surface area contributed by atoms with Crippen molar-refractivity contribution in [1.82, 2.24) is 4.98 Å². The van der Waals surface area contributed by atoms with Crippen molar-refractivity contribution >= 4 is 5.82 Å². The molecule has 0 amide bonds. The fraction of sp³-hybridized carbons (Fsp3) is 0.267. The van der Waals surface area contributed by atoms with Gasteiger partial charge in [-0.1, -0.05) is 6.07 Å². The third kappa shape index (κ3) is 3.17. The molecule has 0 aliphatic rings. The molecule has 1 aromatic carbocycles. The van der Waals surface area contributed by atoms with E-state index in [4.69, 9.17) is 9.47 Å². The number of methoxy groups -OCH3 is 2. The molecule has 5 heteroatoms. The third-order valence-corrected chi connectivity index (χ3v) is 2.99. The molecule has 0 saturated heterocycles. The lowest BCUT2D eigenvalue weighted by atomic mass is 10.2. The number of ether oxygens (including phenoxy) is 2. The molecule has 0 unspecified atom stereocenters. The van der Waals surface area contributed by atoms with Crippen LogP contribution in [0.3, 0.4) is 0 Å². The molecule has 0 saturated carbocycles. The molecule has 2 aromatic rings. The van der Waals surface area contributed by atoms with Crippen molar-refractivity contribution in [1.29, 1.82) is 0 Å². The largest absolute Gasteiger partial charge is 0.497 e. The maximum absolute atomic E-state index is 13.1. The van der Waals surface area contributed by atoms with Gasteiger partial charge < -0.3 is 14.4 Å². The summed E-state index contributed by atoms with van der Waals surface area (Å²) < 4.78 is 23.6. The Morgan fingerprint density at radius 3 is 2.60 bits per heavy atom. The third-order valence-electron chi connectivity index (χ3n) is 2.99. The standard InChI is InChI=1S/C15H17FN2O2/c1-18(15-6-4-5-14(16)17-15)10-11-7-8-12(19-2)9-13(11)20-3/h4-9H,10H2,1-3H3. The van der Waals surface area contributed by atoms with E-state index >= 15 is 0 Å². The monoisotopic (exact) mass is 276 g/mol. The number of benzene rings is 1. The zero-order valence-corrected chi connectivity index (χ0v) is 11.8. The number of hydrogen-bond acceptors (Lipinski definition) is 4. The number of nitrogens with zero attached hydrogens (tertiary/aromatic N) is 2. The maximum atomic E-state index is 13.1. The van der Waals surface area contributed by atoms with E-state index in [1.807, 2.05) is 30.1 Å². The van der Waals surface area contributed by atoms with E-state index in [0.29, 0.717) is 12.4 Å². The van der Waals surface area contributed by atoms with E-state index in [1.165, 1.54) is 6.07 Å². The van der Waals surface area contributed by atoms with E-state index in [-0.39, 0.29) is 0 Å². The van der Waals surface area contributed by atoms with Crippen LogP contribution in [0.15, 0.2) is 36.4 Å². The minimum atomic E-state index is -0.490. The van der Waals surface area contributed by atoms with Crippen LogP contribution in [-0.4, -0.2) is 26.3 Å². The average molecular weight is 276 g/mol. The second kappa shape index (κ2) is 6.23. The summed E-state index contributed by atoms with van der Waals surface area (Å²) >= 11 is 0. The van der Waals surface area contributed by atoms with Crippen LogP contribution < -0.4 is 14.4 Å². The highest BCUT2D eigenvalue weighted by Crippen LogP contribution is 2.26. The van der Waals surface area contributed by atoms with Gasteiger partial charge in [0, 0.05) is 25.2 Å². The summed E-state index contributed by atoms with van der Waals surface area (Å²) in [6, 6.07) is 10.3. The quantitative estimate of drug-likeness (QED) is 0.786. The molecule has 0 aliphatic carbocycles. The summed E-state index contributed by atoms with van der Waals surface area (Å²) in [6.45, 7) is 0.559. The van der Waals surface area contributed by atoms with Crippen LogP contribution in [0.25, 0.3) is 0 Å². The predicted octanol–water partition coefficient (Wildman–Crippen LogP) is 2.87. The Hall–Kier alpha value is -2.30. The van der Waals surface area contributed by atoms with Crippen LogP contribution in [-0.2, 0) is 6.54 Å². The molecule has 0 atom stereocenters. The molecule has 0 spiro atoms. The van der Waals surface area contributed by atoms with Crippen molar-refractivity contribution in [2.24, 2.45) is 0 Å². The summed E-state index contributed by atoms with van der Waals surface area (Å²) in [6.07, 6.45) is 0. The van der Waals surface area contributed by atoms with Crippen LogP contribution in [0.2, 0.25) is 0 Å². The van der Waals surface area contributed by atoms with E-state index in [0.717, 1.165) is 17.1 Å². The molecule has 1 aromatic heterocycles. The van der Waals surface area contributed by atoms with Gasteiger partial charge in [0.1, 0.15) is 17.3 Å². The number of pyridine rings is 1. The Morgan fingerprint density at radius 2 is 1.95 bits per heavy atom. The second-order valence-corrected chi connectivity index (χ2v) is 4.35. The minimum Gasteiger partial charge on any atom is -0.497 e. The highest BCUT2D eigenvalue weighted by molar-refractivity contribution is 5.45. The van der Waals surface area contributed by atoms with Gasteiger partial charge in [0.15, 0.2) is 0 Å². The zero-order chi connectivity index (χ0) is 14.5. The van der Waals surface area contributed by atoms with Crippen LogP contribution in [0.5, 0.6) is 11.5 Å². The lowest BCUT2D eigenvalue weighted by Gasteiger charge is -2.20. The summed E-state index contributed by atoms with van der Waals surface area (Å²) in [7, 11) is 5.07. The summed E-state index contributed by atoms with van der Waals surface area (Å²) in [5.41, 5.74) is 0.974. The molecule has 20 heavy (non-hydrogen) atoms. The normalized spacial score (nSPS) is 10.2. The summed E-state index contributed by atoms with van der Waals surface area (Å²) in [5.74, 6) is 1.55. The van der Waals surface area contributed by atoms with Crippen LogP contribution in [0.1, 0.15) is 5.56 Å². The summed E-state index contributed by atoms with van der Waals surface area (Å²) in [4.78, 5) is 5.71. The SMILES string of the molecule is COc1ccc(CN(C)c2cccc(F)n2)c(OC)c1. The summed E-state index contributed by atoms with van der Waals surface area (Å²) in [5, 5.41) is 0. The van der Waals surface area contributed by atoms with Gasteiger partial charge >= 0.3 is 0 Å². The highest BCUT2D eigenvalue weighted by atomic mass is 19.1. The molecule has 2 rings (SSSR count). The molecule has 0 aliphatic heterocycles. The molecule has 0 fully saturated rings. The van der Waals surface area contributed by atoms with Crippen molar-refractivity contribution in [3.8, 4) is 11.5 Å². The molecular weight excluding hydrogens is 259 g/mol. The van der Waals surface area contributed by atoms with Gasteiger partial charge in [-0.25, -0.2) is 4.98 Å². The average Bonchev–Trinajstić information content (AvgIpc) is 2.47. The second-order valence-electron chi connectivity index (χ2n) is 4.35. The number of hydrogen-bond donors (Lipinski definition) is 0. The zero-order valence-electron chi connectivity index (χ0n) is 11.8. The molecular formula is C15H17FN2O2. The number of rotatable bonds is 5. The molecule has 4 nitrogen and oxygen atoms in total. The van der Waals surface area contributed by atoms with Gasteiger partial charge in [0.05, 0.1) is 14.2 Å². The Bertz CT molecular complexity index is 590. The number of halogens is 1. The molecule has 1 heterocycles. The molecule has 0 N–H and O–H groups in total. The van der Waals surface area contributed by atoms with Crippen molar-refractivity contribution in [3.05, 3.63) is 47.9 Å². The molecule has 0 radical (unpaired) electrons. The maximum Gasteiger partial charge on any atom is 0.214 e. The first-order valence-corrected chi connectivity index (χ1v) is 6.18. The van der Waals surface area contributed by atoms with Gasteiger partial charge in [0.25, 0.3) is 0 Å². The Morgan fingerprint density at radius 1 is 1.15 bits per heavy atom. The van der Waals surface area contributed by atoms with Crippen LogP contribution in [0.4, 0.5) is 10.2 Å². The Balaban J connectivity index is 2.21. The van der Waals surface area contributed by atoms with E-state index < -0.39 is 5.95 Å². The van der Waals surface area contributed by atoms with E-state index in [1.54, 1.807) is 26.4 Å². The Kier molecular flexibility index (Phi) is 4.40. The van der Waals surface area contributed by atoms with Crippen molar-refractivity contribution in [2.75, 3.05) is 26.2 Å². The van der Waals surface area contributed by atoms with Gasteiger partial charge in [-0.05, 0) is 24.3 Å². The van der Waals surface area contributed by atoms with Gasteiger partial charge in [-0.2, -0.15) is 4.39 Å². The topological polar surface area (TPSA) is 34.6 Å². The first-order valence-electron chi connectivity index (χ1n) is 6.18. The Labute approximate surface area is 117 Å². The van der Waals surface area contributed by atoms with Crippen LogP contribution >= 0.6 is 0 Å². The smallest absolute Gasteiger partial charge is 0.214 e. The first-order chi connectivity index (χ1) is 9.63. The van der Waals surface area contributed by atoms with Crippen molar-refractivity contribution in [2.45, 2.75) is 6.54 Å². The van der Waals surface area contributed by atoms with Crippen LogP contribution in [0, 0.1) is 5.95 Å². The lowest BCUT2D eigenvalue weighted by Crippen LogP contribution is -2.18. The van der Waals surface area contributed by atoms with Gasteiger partial charge in [0.2, 0.25) is 5.95 Å². The minimum absolute atomic E-state index is 0.490.